The molecule has 3 atom stereocenters. The number of halogens is 1. The summed E-state index contributed by atoms with van der Waals surface area (Å²) in [5.74, 6) is 0. The summed E-state index contributed by atoms with van der Waals surface area (Å²) in [6.07, 6.45) is -0.927. The van der Waals surface area contributed by atoms with Crippen molar-refractivity contribution in [2.45, 2.75) is 29.7 Å². The highest BCUT2D eigenvalue weighted by Gasteiger charge is 2.22. The Morgan fingerprint density at radius 3 is 2.50 bits per heavy atom. The number of ether oxygens (including phenoxy) is 1. The summed E-state index contributed by atoms with van der Waals surface area (Å²) in [6.45, 7) is 2.25. The predicted octanol–water partition coefficient (Wildman–Crippen LogP) is 1.75. The monoisotopic (exact) mass is 336 g/mol. The van der Waals surface area contributed by atoms with Crippen LogP contribution < -0.4 is 0 Å². The molecule has 0 radical (unpaired) electrons. The maximum Gasteiger partial charge on any atom is 0.0938 e. The minimum absolute atomic E-state index is 0.0409. The van der Waals surface area contributed by atoms with Crippen molar-refractivity contribution in [1.82, 2.24) is 0 Å². The van der Waals surface area contributed by atoms with Crippen LogP contribution in [0.4, 0.5) is 0 Å². The van der Waals surface area contributed by atoms with E-state index < -0.39 is 6.10 Å². The highest BCUT2D eigenvalue weighted by molar-refractivity contribution is 14.1. The van der Waals surface area contributed by atoms with Gasteiger partial charge in [-0.3, -0.25) is 0 Å². The molecule has 0 fully saturated rings. The number of alkyl halides is 1. The van der Waals surface area contributed by atoms with Crippen LogP contribution in [0.25, 0.3) is 0 Å². The Balaban J connectivity index is 2.38. The molecule has 3 nitrogen and oxygen atoms in total. The summed E-state index contributed by atoms with van der Waals surface area (Å²) in [5, 5.41) is 18.7. The van der Waals surface area contributed by atoms with Crippen molar-refractivity contribution in [1.29, 1.82) is 0 Å². The fraction of sp³-hybridized carbons (Fsp3) is 0.500. The summed E-state index contributed by atoms with van der Waals surface area (Å²) >= 11 is 2.02. The van der Waals surface area contributed by atoms with Gasteiger partial charge in [0.1, 0.15) is 0 Å². The zero-order valence-corrected chi connectivity index (χ0v) is 11.4. The van der Waals surface area contributed by atoms with Crippen molar-refractivity contribution in [3.05, 3.63) is 35.9 Å². The first-order valence-corrected chi connectivity index (χ1v) is 6.48. The average Bonchev–Trinajstić information content (AvgIpc) is 2.35. The molecule has 1 rings (SSSR count). The highest BCUT2D eigenvalue weighted by Crippen LogP contribution is 2.13. The lowest BCUT2D eigenvalue weighted by Crippen LogP contribution is -2.35. The van der Waals surface area contributed by atoms with Crippen LogP contribution in [0.5, 0.6) is 0 Å². The van der Waals surface area contributed by atoms with Crippen molar-refractivity contribution in [3.8, 4) is 0 Å². The van der Waals surface area contributed by atoms with Gasteiger partial charge in [0.25, 0.3) is 0 Å². The van der Waals surface area contributed by atoms with Crippen LogP contribution >= 0.6 is 22.6 Å². The molecule has 0 aliphatic carbocycles. The molecule has 1 aromatic rings. The largest absolute Gasteiger partial charge is 0.395 e. The molecule has 1 aromatic carbocycles. The summed E-state index contributed by atoms with van der Waals surface area (Å²) in [6, 6.07) is 9.82. The third-order valence-electron chi connectivity index (χ3n) is 2.38. The molecule has 0 heterocycles. The maximum absolute atomic E-state index is 9.77. The van der Waals surface area contributed by atoms with Crippen LogP contribution in [0.1, 0.15) is 12.5 Å². The molecule has 0 saturated carbocycles. The zero-order chi connectivity index (χ0) is 12.0. The minimum atomic E-state index is -0.644. The second kappa shape index (κ2) is 7.21. The van der Waals surface area contributed by atoms with Crippen molar-refractivity contribution >= 4 is 22.6 Å². The summed E-state index contributed by atoms with van der Waals surface area (Å²) in [7, 11) is 0. The van der Waals surface area contributed by atoms with Gasteiger partial charge in [-0.15, -0.1) is 0 Å². The Morgan fingerprint density at radius 1 is 1.31 bits per heavy atom. The summed E-state index contributed by atoms with van der Waals surface area (Å²) in [5.41, 5.74) is 1.08. The molecule has 0 bridgehead atoms. The Morgan fingerprint density at radius 2 is 1.94 bits per heavy atom. The van der Waals surface area contributed by atoms with Gasteiger partial charge in [-0.05, 0) is 12.5 Å². The smallest absolute Gasteiger partial charge is 0.0938 e. The average molecular weight is 336 g/mol. The normalized spacial score (nSPS) is 16.8. The van der Waals surface area contributed by atoms with E-state index in [-0.39, 0.29) is 16.6 Å². The third kappa shape index (κ3) is 4.37. The quantitative estimate of drug-likeness (QED) is 0.615. The van der Waals surface area contributed by atoms with Crippen LogP contribution in [0.2, 0.25) is 0 Å². The van der Waals surface area contributed by atoms with Gasteiger partial charge in [0.15, 0.2) is 0 Å². The molecule has 0 aliphatic heterocycles. The Hall–Kier alpha value is -0.170. The fourth-order valence-corrected chi connectivity index (χ4v) is 1.89. The molecule has 0 aliphatic rings. The molecule has 90 valence electrons. The lowest BCUT2D eigenvalue weighted by molar-refractivity contribution is -0.0378. The SMILES string of the molecule is CC(OCc1ccccc1)[C@@H](O)[C@@H](I)CO. The van der Waals surface area contributed by atoms with E-state index in [1.165, 1.54) is 0 Å². The molecule has 2 N–H and O–H groups in total. The fourth-order valence-electron chi connectivity index (χ4n) is 1.30. The highest BCUT2D eigenvalue weighted by atomic mass is 127. The van der Waals surface area contributed by atoms with E-state index in [1.807, 2.05) is 59.8 Å². The van der Waals surface area contributed by atoms with Crippen LogP contribution in [-0.2, 0) is 11.3 Å². The Labute approximate surface area is 110 Å². The lowest BCUT2D eigenvalue weighted by atomic mass is 10.1. The van der Waals surface area contributed by atoms with Crippen molar-refractivity contribution in [2.75, 3.05) is 6.61 Å². The van der Waals surface area contributed by atoms with E-state index in [0.29, 0.717) is 6.61 Å². The molecule has 4 heteroatoms. The van der Waals surface area contributed by atoms with E-state index in [0.717, 1.165) is 5.56 Å². The number of rotatable bonds is 6. The molecular formula is C12H17IO3. The zero-order valence-electron chi connectivity index (χ0n) is 9.21. The second-order valence-corrected chi connectivity index (χ2v) is 5.29. The second-order valence-electron chi connectivity index (χ2n) is 3.69. The lowest BCUT2D eigenvalue weighted by Gasteiger charge is -2.22. The maximum atomic E-state index is 9.77. The predicted molar refractivity (Wildman–Crippen MR) is 71.6 cm³/mol. The molecule has 0 saturated heterocycles. The van der Waals surface area contributed by atoms with Gasteiger partial charge in [0, 0.05) is 0 Å². The van der Waals surface area contributed by atoms with E-state index in [9.17, 15) is 5.11 Å². The molecule has 1 unspecified atom stereocenters. The van der Waals surface area contributed by atoms with E-state index >= 15 is 0 Å². The van der Waals surface area contributed by atoms with Crippen molar-refractivity contribution < 1.29 is 14.9 Å². The van der Waals surface area contributed by atoms with Crippen molar-refractivity contribution in [3.63, 3.8) is 0 Å². The molecule has 16 heavy (non-hydrogen) atoms. The number of aliphatic hydroxyl groups excluding tert-OH is 2. The van der Waals surface area contributed by atoms with E-state index in [4.69, 9.17) is 9.84 Å². The first-order chi connectivity index (χ1) is 7.65. The van der Waals surface area contributed by atoms with Gasteiger partial charge in [0.05, 0.1) is 29.3 Å². The first-order valence-electron chi connectivity index (χ1n) is 5.23. The minimum Gasteiger partial charge on any atom is -0.395 e. The number of benzene rings is 1. The van der Waals surface area contributed by atoms with Gasteiger partial charge < -0.3 is 14.9 Å². The Kier molecular flexibility index (Phi) is 6.26. The summed E-state index contributed by atoms with van der Waals surface area (Å²) in [4.78, 5) is 0. The topological polar surface area (TPSA) is 49.7 Å². The molecule has 0 spiro atoms. The van der Waals surface area contributed by atoms with Gasteiger partial charge in [-0.25, -0.2) is 0 Å². The number of hydrogen-bond donors (Lipinski definition) is 2. The third-order valence-corrected chi connectivity index (χ3v) is 3.51. The van der Waals surface area contributed by atoms with E-state index in [2.05, 4.69) is 0 Å². The van der Waals surface area contributed by atoms with Crippen LogP contribution in [0.15, 0.2) is 30.3 Å². The van der Waals surface area contributed by atoms with Gasteiger partial charge in [-0.1, -0.05) is 52.9 Å². The standard InChI is InChI=1S/C12H17IO3/c1-9(12(15)11(13)7-14)16-8-10-5-3-2-4-6-10/h2-6,9,11-12,14-15H,7-8H2,1H3/t9?,11-,12+/m0/s1. The van der Waals surface area contributed by atoms with Gasteiger partial charge in [-0.2, -0.15) is 0 Å². The first kappa shape index (κ1) is 13.9. The molecule has 0 aromatic heterocycles. The van der Waals surface area contributed by atoms with Gasteiger partial charge >= 0.3 is 0 Å². The number of hydrogen-bond acceptors (Lipinski definition) is 3. The number of aliphatic hydroxyl groups is 2. The van der Waals surface area contributed by atoms with Crippen LogP contribution in [0, 0.1) is 0 Å². The van der Waals surface area contributed by atoms with Crippen molar-refractivity contribution in [2.24, 2.45) is 0 Å². The molecule has 0 amide bonds. The molecular weight excluding hydrogens is 319 g/mol. The van der Waals surface area contributed by atoms with Gasteiger partial charge in [0.2, 0.25) is 0 Å². The van der Waals surface area contributed by atoms with Crippen LogP contribution in [-0.4, -0.2) is 33.0 Å². The van der Waals surface area contributed by atoms with E-state index in [1.54, 1.807) is 0 Å². The Bertz CT molecular complexity index is 292. The summed E-state index contributed by atoms with van der Waals surface area (Å²) < 4.78 is 5.36. The van der Waals surface area contributed by atoms with Crippen LogP contribution in [0.3, 0.4) is 0 Å².